The Kier molecular flexibility index (Phi) is 4.04. The first-order valence-corrected chi connectivity index (χ1v) is 7.75. The van der Waals surface area contributed by atoms with Gasteiger partial charge in [-0.2, -0.15) is 4.31 Å². The van der Waals surface area contributed by atoms with E-state index in [4.69, 9.17) is 5.11 Å². The second kappa shape index (κ2) is 5.38. The van der Waals surface area contributed by atoms with Crippen LogP contribution in [0.15, 0.2) is 29.2 Å². The van der Waals surface area contributed by atoms with E-state index in [-0.39, 0.29) is 17.5 Å². The zero-order chi connectivity index (χ0) is 13.2. The fraction of sp³-hybridized carbons (Fsp3) is 0.538. The third kappa shape index (κ3) is 2.43. The molecule has 1 saturated heterocycles. The maximum absolute atomic E-state index is 12.5. The van der Waals surface area contributed by atoms with Crippen molar-refractivity contribution in [3.05, 3.63) is 29.8 Å². The molecule has 2 rings (SSSR count). The Bertz CT molecular complexity index is 513. The fourth-order valence-corrected chi connectivity index (χ4v) is 4.31. The van der Waals surface area contributed by atoms with Crippen molar-refractivity contribution in [2.45, 2.75) is 43.7 Å². The highest BCUT2D eigenvalue weighted by molar-refractivity contribution is 7.89. The fourth-order valence-electron chi connectivity index (χ4n) is 2.47. The van der Waals surface area contributed by atoms with Gasteiger partial charge in [0.2, 0.25) is 10.0 Å². The molecule has 1 unspecified atom stereocenters. The Morgan fingerprint density at radius 1 is 1.44 bits per heavy atom. The molecule has 1 aliphatic heterocycles. The topological polar surface area (TPSA) is 57.6 Å². The normalized spacial score (nSPS) is 21.3. The predicted octanol–water partition coefficient (Wildman–Crippen LogP) is 1.74. The predicted molar refractivity (Wildman–Crippen MR) is 69.6 cm³/mol. The summed E-state index contributed by atoms with van der Waals surface area (Å²) in [6.07, 6.45) is 2.71. The van der Waals surface area contributed by atoms with Crippen molar-refractivity contribution in [1.82, 2.24) is 4.31 Å². The van der Waals surface area contributed by atoms with E-state index in [1.54, 1.807) is 28.6 Å². The number of hydrogen-bond donors (Lipinski definition) is 1. The van der Waals surface area contributed by atoms with E-state index in [0.29, 0.717) is 12.1 Å². The molecule has 1 aromatic rings. The minimum atomic E-state index is -3.41. The second-order valence-electron chi connectivity index (χ2n) is 4.63. The Hall–Kier alpha value is -0.910. The van der Waals surface area contributed by atoms with Crippen LogP contribution in [0.25, 0.3) is 0 Å². The van der Waals surface area contributed by atoms with Gasteiger partial charge in [-0.05, 0) is 37.0 Å². The highest BCUT2D eigenvalue weighted by Crippen LogP contribution is 2.27. The molecule has 1 fully saturated rings. The number of nitrogens with zero attached hydrogens (tertiary/aromatic N) is 1. The zero-order valence-electron chi connectivity index (χ0n) is 10.5. The SMILES string of the molecule is CCC1CCCN1S(=O)(=O)c1cccc(CO)c1. The van der Waals surface area contributed by atoms with E-state index in [1.165, 1.54) is 0 Å². The molecule has 0 radical (unpaired) electrons. The van der Waals surface area contributed by atoms with E-state index in [0.717, 1.165) is 19.3 Å². The van der Waals surface area contributed by atoms with Gasteiger partial charge in [-0.3, -0.25) is 0 Å². The van der Waals surface area contributed by atoms with Crippen LogP contribution >= 0.6 is 0 Å². The third-order valence-electron chi connectivity index (χ3n) is 3.48. The van der Waals surface area contributed by atoms with Crippen molar-refractivity contribution < 1.29 is 13.5 Å². The molecule has 1 aromatic carbocycles. The molecule has 4 nitrogen and oxygen atoms in total. The molecule has 0 bridgehead atoms. The smallest absolute Gasteiger partial charge is 0.243 e. The average Bonchev–Trinajstić information content (AvgIpc) is 2.88. The van der Waals surface area contributed by atoms with Gasteiger partial charge in [0.1, 0.15) is 0 Å². The Labute approximate surface area is 108 Å². The maximum Gasteiger partial charge on any atom is 0.243 e. The lowest BCUT2D eigenvalue weighted by Crippen LogP contribution is -2.35. The summed E-state index contributed by atoms with van der Waals surface area (Å²) in [5.41, 5.74) is 0.628. The molecule has 5 heteroatoms. The molecule has 100 valence electrons. The van der Waals surface area contributed by atoms with Crippen LogP contribution in [0.4, 0.5) is 0 Å². The van der Waals surface area contributed by atoms with Crippen molar-refractivity contribution in [2.75, 3.05) is 6.54 Å². The van der Waals surface area contributed by atoms with Crippen LogP contribution in [0.5, 0.6) is 0 Å². The molecule has 1 aliphatic rings. The van der Waals surface area contributed by atoms with Crippen molar-refractivity contribution in [1.29, 1.82) is 0 Å². The van der Waals surface area contributed by atoms with Crippen LogP contribution in [-0.2, 0) is 16.6 Å². The Morgan fingerprint density at radius 3 is 2.89 bits per heavy atom. The Balaban J connectivity index is 2.35. The van der Waals surface area contributed by atoms with E-state index >= 15 is 0 Å². The van der Waals surface area contributed by atoms with Gasteiger partial charge in [-0.1, -0.05) is 19.1 Å². The van der Waals surface area contributed by atoms with E-state index in [1.807, 2.05) is 6.92 Å². The van der Waals surface area contributed by atoms with Gasteiger partial charge in [0.25, 0.3) is 0 Å². The first-order valence-electron chi connectivity index (χ1n) is 6.31. The minimum absolute atomic E-state index is 0.118. The minimum Gasteiger partial charge on any atom is -0.392 e. The molecule has 0 spiro atoms. The lowest BCUT2D eigenvalue weighted by atomic mass is 10.2. The average molecular weight is 269 g/mol. The summed E-state index contributed by atoms with van der Waals surface area (Å²) in [6, 6.07) is 6.67. The molecule has 18 heavy (non-hydrogen) atoms. The number of benzene rings is 1. The number of rotatable bonds is 4. The number of sulfonamides is 1. The van der Waals surface area contributed by atoms with Crippen LogP contribution < -0.4 is 0 Å². The van der Waals surface area contributed by atoms with Crippen LogP contribution in [0.3, 0.4) is 0 Å². The van der Waals surface area contributed by atoms with Crippen LogP contribution in [-0.4, -0.2) is 30.4 Å². The molecule has 0 aliphatic carbocycles. The summed E-state index contributed by atoms with van der Waals surface area (Å²) in [4.78, 5) is 0.286. The molecule has 1 N–H and O–H groups in total. The molecule has 1 heterocycles. The Morgan fingerprint density at radius 2 is 2.22 bits per heavy atom. The van der Waals surface area contributed by atoms with E-state index in [9.17, 15) is 8.42 Å². The van der Waals surface area contributed by atoms with Gasteiger partial charge in [0.05, 0.1) is 11.5 Å². The number of aliphatic hydroxyl groups is 1. The van der Waals surface area contributed by atoms with Crippen molar-refractivity contribution in [2.24, 2.45) is 0 Å². The van der Waals surface area contributed by atoms with Crippen molar-refractivity contribution >= 4 is 10.0 Å². The summed E-state index contributed by atoms with van der Waals surface area (Å²) >= 11 is 0. The van der Waals surface area contributed by atoms with Crippen molar-refractivity contribution in [3.63, 3.8) is 0 Å². The first kappa shape index (κ1) is 13.5. The summed E-state index contributed by atoms with van der Waals surface area (Å²) < 4.78 is 26.6. The molecule has 1 atom stereocenters. The zero-order valence-corrected chi connectivity index (χ0v) is 11.4. The summed E-state index contributed by atoms with van der Waals surface area (Å²) in [5.74, 6) is 0. The van der Waals surface area contributed by atoms with Gasteiger partial charge in [-0.15, -0.1) is 0 Å². The van der Waals surface area contributed by atoms with Crippen LogP contribution in [0.2, 0.25) is 0 Å². The van der Waals surface area contributed by atoms with Gasteiger partial charge in [0.15, 0.2) is 0 Å². The van der Waals surface area contributed by atoms with Crippen molar-refractivity contribution in [3.8, 4) is 0 Å². The third-order valence-corrected chi connectivity index (χ3v) is 5.43. The molecule has 0 amide bonds. The van der Waals surface area contributed by atoms with Gasteiger partial charge in [0, 0.05) is 12.6 Å². The summed E-state index contributed by atoms with van der Waals surface area (Å²) in [6.45, 7) is 2.48. The van der Waals surface area contributed by atoms with Gasteiger partial charge < -0.3 is 5.11 Å². The highest BCUT2D eigenvalue weighted by Gasteiger charge is 2.34. The second-order valence-corrected chi connectivity index (χ2v) is 6.52. The lowest BCUT2D eigenvalue weighted by Gasteiger charge is -2.23. The largest absolute Gasteiger partial charge is 0.392 e. The number of aliphatic hydroxyl groups excluding tert-OH is 1. The van der Waals surface area contributed by atoms with Crippen LogP contribution in [0, 0.1) is 0 Å². The molecular weight excluding hydrogens is 250 g/mol. The molecule has 0 aromatic heterocycles. The lowest BCUT2D eigenvalue weighted by molar-refractivity contribution is 0.281. The monoisotopic (exact) mass is 269 g/mol. The quantitative estimate of drug-likeness (QED) is 0.906. The maximum atomic E-state index is 12.5. The van der Waals surface area contributed by atoms with E-state index < -0.39 is 10.0 Å². The first-order chi connectivity index (χ1) is 8.59. The summed E-state index contributed by atoms with van der Waals surface area (Å²) in [7, 11) is -3.41. The van der Waals surface area contributed by atoms with Crippen LogP contribution in [0.1, 0.15) is 31.7 Å². The summed E-state index contributed by atoms with van der Waals surface area (Å²) in [5, 5.41) is 9.08. The standard InChI is InChI=1S/C13H19NO3S/c1-2-12-6-4-8-14(12)18(16,17)13-7-3-5-11(9-13)10-15/h3,5,7,9,12,15H,2,4,6,8,10H2,1H3. The molecular formula is C13H19NO3S. The van der Waals surface area contributed by atoms with Gasteiger partial charge >= 0.3 is 0 Å². The molecule has 0 saturated carbocycles. The van der Waals surface area contributed by atoms with Gasteiger partial charge in [-0.25, -0.2) is 8.42 Å². The highest BCUT2D eigenvalue weighted by atomic mass is 32.2. The van der Waals surface area contributed by atoms with E-state index in [2.05, 4.69) is 0 Å². The number of hydrogen-bond acceptors (Lipinski definition) is 3.